The third kappa shape index (κ3) is 4.90. The number of ether oxygens (including phenoxy) is 2. The molecule has 1 N–H and O–H groups in total. The van der Waals surface area contributed by atoms with E-state index in [1.807, 2.05) is 55.5 Å². The predicted molar refractivity (Wildman–Crippen MR) is 128 cm³/mol. The molecule has 0 saturated heterocycles. The maximum Gasteiger partial charge on any atom is 0.342 e. The number of para-hydroxylation sites is 2. The van der Waals surface area contributed by atoms with E-state index in [-0.39, 0.29) is 23.8 Å². The number of nitrogens with zero attached hydrogens (tertiary/aromatic N) is 1. The first-order valence-corrected chi connectivity index (χ1v) is 11.4. The minimum Gasteiger partial charge on any atom is -0.493 e. The van der Waals surface area contributed by atoms with Crippen molar-refractivity contribution in [3.8, 4) is 16.3 Å². The smallest absolute Gasteiger partial charge is 0.342 e. The fraction of sp³-hybridized carbons (Fsp3) is 0.240. The summed E-state index contributed by atoms with van der Waals surface area (Å²) in [5, 5.41) is 3.38. The van der Waals surface area contributed by atoms with Crippen LogP contribution in [0.4, 0.5) is 5.88 Å². The summed E-state index contributed by atoms with van der Waals surface area (Å²) in [6.45, 7) is 4.05. The lowest BCUT2D eigenvalue weighted by Gasteiger charge is -2.09. The van der Waals surface area contributed by atoms with Gasteiger partial charge in [-0.25, -0.2) is 9.78 Å². The number of hydrogen-bond acceptors (Lipinski definition) is 7. The summed E-state index contributed by atoms with van der Waals surface area (Å²) in [5.41, 5.74) is 2.54. The maximum atomic E-state index is 12.6. The number of anilines is 1. The van der Waals surface area contributed by atoms with Crippen LogP contribution in [0.25, 0.3) is 20.8 Å². The van der Waals surface area contributed by atoms with Crippen LogP contribution >= 0.6 is 11.3 Å². The van der Waals surface area contributed by atoms with Crippen LogP contribution in [-0.4, -0.2) is 30.6 Å². The van der Waals surface area contributed by atoms with Crippen molar-refractivity contribution in [1.82, 2.24) is 4.98 Å². The second-order valence-corrected chi connectivity index (χ2v) is 8.51. The molecule has 0 fully saturated rings. The van der Waals surface area contributed by atoms with Gasteiger partial charge in [-0.2, -0.15) is 0 Å². The number of aromatic nitrogens is 1. The summed E-state index contributed by atoms with van der Waals surface area (Å²) in [7, 11) is 1.31. The number of methoxy groups -OCH3 is 1. The van der Waals surface area contributed by atoms with Crippen LogP contribution in [0.3, 0.4) is 0 Å². The SMILES string of the molecule is COC(=O)c1c(C)oc(NC(=O)CCCOc2ccccc2C)c1-c1nc2ccccc2s1. The Morgan fingerprint density at radius 3 is 2.61 bits per heavy atom. The van der Waals surface area contributed by atoms with Gasteiger partial charge in [-0.3, -0.25) is 10.1 Å². The van der Waals surface area contributed by atoms with Gasteiger partial charge in [0, 0.05) is 6.42 Å². The van der Waals surface area contributed by atoms with Crippen molar-refractivity contribution in [2.45, 2.75) is 26.7 Å². The minimum absolute atomic E-state index is 0.191. The number of hydrogen-bond donors (Lipinski definition) is 1. The van der Waals surface area contributed by atoms with E-state index in [9.17, 15) is 9.59 Å². The van der Waals surface area contributed by atoms with Gasteiger partial charge >= 0.3 is 5.97 Å². The van der Waals surface area contributed by atoms with Gasteiger partial charge in [0.25, 0.3) is 0 Å². The molecular weight excluding hydrogens is 440 g/mol. The minimum atomic E-state index is -0.544. The quantitative estimate of drug-likeness (QED) is 0.263. The third-order valence-electron chi connectivity index (χ3n) is 5.13. The molecule has 0 aliphatic carbocycles. The average molecular weight is 465 g/mol. The summed E-state index contributed by atoms with van der Waals surface area (Å²) < 4.78 is 17.5. The lowest BCUT2D eigenvalue weighted by molar-refractivity contribution is -0.116. The summed E-state index contributed by atoms with van der Waals surface area (Å²) in [6, 6.07) is 15.4. The van der Waals surface area contributed by atoms with E-state index in [1.54, 1.807) is 6.92 Å². The third-order valence-corrected chi connectivity index (χ3v) is 6.19. The molecule has 0 atom stereocenters. The molecule has 8 heteroatoms. The lowest BCUT2D eigenvalue weighted by atomic mass is 10.1. The van der Waals surface area contributed by atoms with E-state index in [1.165, 1.54) is 18.4 Å². The number of aryl methyl sites for hydroxylation is 2. The molecule has 0 aliphatic heterocycles. The number of carbonyl (C=O) groups excluding carboxylic acids is 2. The monoisotopic (exact) mass is 464 g/mol. The molecule has 33 heavy (non-hydrogen) atoms. The first-order chi connectivity index (χ1) is 16.0. The van der Waals surface area contributed by atoms with E-state index >= 15 is 0 Å². The van der Waals surface area contributed by atoms with Crippen molar-refractivity contribution in [2.75, 3.05) is 19.0 Å². The second kappa shape index (κ2) is 9.87. The summed E-state index contributed by atoms with van der Waals surface area (Å²) in [5.74, 6) is 0.569. The number of furan rings is 1. The van der Waals surface area contributed by atoms with E-state index in [0.29, 0.717) is 29.4 Å². The van der Waals surface area contributed by atoms with Gasteiger partial charge in [0.2, 0.25) is 11.8 Å². The van der Waals surface area contributed by atoms with Crippen LogP contribution in [0.15, 0.2) is 52.9 Å². The van der Waals surface area contributed by atoms with E-state index < -0.39 is 5.97 Å². The van der Waals surface area contributed by atoms with Gasteiger partial charge in [0.15, 0.2) is 0 Å². The molecule has 0 saturated carbocycles. The van der Waals surface area contributed by atoms with E-state index in [0.717, 1.165) is 21.5 Å². The Morgan fingerprint density at radius 1 is 1.09 bits per heavy atom. The molecule has 0 bridgehead atoms. The molecule has 0 aliphatic rings. The molecule has 2 aromatic carbocycles. The van der Waals surface area contributed by atoms with Gasteiger partial charge in [-0.05, 0) is 44.0 Å². The van der Waals surface area contributed by atoms with Gasteiger partial charge < -0.3 is 13.9 Å². The van der Waals surface area contributed by atoms with E-state index in [2.05, 4.69) is 10.3 Å². The molecule has 0 radical (unpaired) electrons. The topological polar surface area (TPSA) is 90.7 Å². The van der Waals surface area contributed by atoms with Gasteiger partial charge in [-0.1, -0.05) is 30.3 Å². The number of fused-ring (bicyclic) bond motifs is 1. The van der Waals surface area contributed by atoms with E-state index in [4.69, 9.17) is 13.9 Å². The fourth-order valence-corrected chi connectivity index (χ4v) is 4.50. The fourth-order valence-electron chi connectivity index (χ4n) is 3.49. The Labute approximate surface area is 195 Å². The van der Waals surface area contributed by atoms with Crippen molar-refractivity contribution in [1.29, 1.82) is 0 Å². The highest BCUT2D eigenvalue weighted by atomic mass is 32.1. The Balaban J connectivity index is 1.51. The molecule has 7 nitrogen and oxygen atoms in total. The molecule has 4 rings (SSSR count). The number of amides is 1. The van der Waals surface area contributed by atoms with Gasteiger partial charge in [0.05, 0.1) is 29.5 Å². The molecule has 2 aromatic heterocycles. The van der Waals surface area contributed by atoms with Crippen LogP contribution in [-0.2, 0) is 9.53 Å². The molecule has 1 amide bonds. The zero-order valence-electron chi connectivity index (χ0n) is 18.6. The molecular formula is C25H24N2O5S. The lowest BCUT2D eigenvalue weighted by Crippen LogP contribution is -2.13. The number of nitrogens with one attached hydrogen (secondary N) is 1. The van der Waals surface area contributed by atoms with Crippen molar-refractivity contribution in [2.24, 2.45) is 0 Å². The largest absolute Gasteiger partial charge is 0.493 e. The van der Waals surface area contributed by atoms with Crippen LogP contribution in [0.2, 0.25) is 0 Å². The van der Waals surface area contributed by atoms with Gasteiger partial charge in [-0.15, -0.1) is 11.3 Å². The highest BCUT2D eigenvalue weighted by Gasteiger charge is 2.28. The average Bonchev–Trinajstić information content (AvgIpc) is 3.37. The summed E-state index contributed by atoms with van der Waals surface area (Å²) >= 11 is 1.42. The number of thiazole rings is 1. The van der Waals surface area contributed by atoms with Crippen molar-refractivity contribution in [3.63, 3.8) is 0 Å². The zero-order chi connectivity index (χ0) is 23.4. The molecule has 0 spiro atoms. The Hall–Kier alpha value is -3.65. The standard InChI is InChI=1S/C25H24N2O5S/c1-15-9-4-6-11-18(15)31-14-8-13-20(28)27-23-22(21(16(2)32-23)25(29)30-3)24-26-17-10-5-7-12-19(17)33-24/h4-7,9-12H,8,13-14H2,1-3H3,(H,27,28). The molecule has 0 unspecified atom stereocenters. The maximum absolute atomic E-state index is 12.6. The second-order valence-electron chi connectivity index (χ2n) is 7.48. The summed E-state index contributed by atoms with van der Waals surface area (Å²) in [4.78, 5) is 29.8. The van der Waals surface area contributed by atoms with Crippen molar-refractivity contribution in [3.05, 3.63) is 65.4 Å². The van der Waals surface area contributed by atoms with Crippen LogP contribution in [0.5, 0.6) is 5.75 Å². The molecule has 170 valence electrons. The summed E-state index contributed by atoms with van der Waals surface area (Å²) in [6.07, 6.45) is 0.763. The first-order valence-electron chi connectivity index (χ1n) is 10.5. The molecule has 2 heterocycles. The number of carbonyl (C=O) groups is 2. The predicted octanol–water partition coefficient (Wildman–Crippen LogP) is 5.76. The van der Waals surface area contributed by atoms with Crippen molar-refractivity contribution >= 4 is 39.3 Å². The molecule has 4 aromatic rings. The number of benzene rings is 2. The Bertz CT molecular complexity index is 1270. The zero-order valence-corrected chi connectivity index (χ0v) is 19.5. The van der Waals surface area contributed by atoms with Gasteiger partial charge in [0.1, 0.15) is 22.1 Å². The first kappa shape index (κ1) is 22.5. The normalized spacial score (nSPS) is 10.9. The van der Waals surface area contributed by atoms with Crippen LogP contribution in [0.1, 0.15) is 34.5 Å². The highest BCUT2D eigenvalue weighted by Crippen LogP contribution is 2.40. The Morgan fingerprint density at radius 2 is 1.85 bits per heavy atom. The number of esters is 1. The Kier molecular flexibility index (Phi) is 6.74. The van der Waals surface area contributed by atoms with Crippen LogP contribution in [0, 0.1) is 13.8 Å². The van der Waals surface area contributed by atoms with Crippen LogP contribution < -0.4 is 10.1 Å². The number of rotatable bonds is 8. The highest BCUT2D eigenvalue weighted by molar-refractivity contribution is 7.21. The van der Waals surface area contributed by atoms with Crippen molar-refractivity contribution < 1.29 is 23.5 Å².